The Balaban J connectivity index is 1.95. The van der Waals surface area contributed by atoms with Gasteiger partial charge in [-0.3, -0.25) is 14.9 Å². The summed E-state index contributed by atoms with van der Waals surface area (Å²) in [5.41, 5.74) is 8.50. The van der Waals surface area contributed by atoms with E-state index in [1.165, 1.54) is 12.3 Å². The van der Waals surface area contributed by atoms with Crippen LogP contribution in [0.2, 0.25) is 0 Å². The first-order chi connectivity index (χ1) is 15.0. The maximum atomic E-state index is 14.3. The summed E-state index contributed by atoms with van der Waals surface area (Å²) >= 11 is 0. The summed E-state index contributed by atoms with van der Waals surface area (Å²) < 4.78 is 20.4. The minimum atomic E-state index is -0.431. The number of nitrogens with one attached hydrogen (secondary N) is 2. The molecule has 0 aliphatic heterocycles. The summed E-state index contributed by atoms with van der Waals surface area (Å²) in [5, 5.41) is 8.60. The van der Waals surface area contributed by atoms with Crippen molar-refractivity contribution in [1.82, 2.24) is 20.2 Å². The Morgan fingerprint density at radius 2 is 2.03 bits per heavy atom. The third-order valence-electron chi connectivity index (χ3n) is 5.61. The molecule has 0 aliphatic rings. The number of halogens is 1. The van der Waals surface area contributed by atoms with Gasteiger partial charge in [-0.1, -0.05) is 13.0 Å². The second-order valence-corrected chi connectivity index (χ2v) is 7.53. The van der Waals surface area contributed by atoms with Crippen LogP contribution in [-0.4, -0.2) is 26.3 Å². The monoisotopic (exact) mass is 417 g/mol. The van der Waals surface area contributed by atoms with Crippen LogP contribution in [-0.2, 0) is 0 Å². The van der Waals surface area contributed by atoms with E-state index in [0.29, 0.717) is 38.7 Å². The van der Waals surface area contributed by atoms with Crippen LogP contribution in [0.4, 0.5) is 10.1 Å². The Kier molecular flexibility index (Phi) is 4.35. The molecule has 0 unspecified atom stereocenters. The molecule has 0 radical (unpaired) electrons. The van der Waals surface area contributed by atoms with Crippen LogP contribution in [0.25, 0.3) is 43.8 Å². The molecule has 7 nitrogen and oxygen atoms in total. The first-order valence-electron chi connectivity index (χ1n) is 10.0. The number of hydrogen-bond acceptors (Lipinski definition) is 5. The Labute approximate surface area is 176 Å². The number of pyridine rings is 2. The van der Waals surface area contributed by atoms with Crippen LogP contribution in [0.1, 0.15) is 20.3 Å². The van der Waals surface area contributed by atoms with Gasteiger partial charge in [-0.25, -0.2) is 4.39 Å². The van der Waals surface area contributed by atoms with Gasteiger partial charge >= 0.3 is 0 Å². The van der Waals surface area contributed by atoms with Crippen molar-refractivity contribution >= 4 is 38.4 Å². The maximum absolute atomic E-state index is 14.3. The van der Waals surface area contributed by atoms with Gasteiger partial charge in [0, 0.05) is 27.9 Å². The lowest BCUT2D eigenvalue weighted by molar-refractivity contribution is 0.220. The average molecular weight is 417 g/mol. The summed E-state index contributed by atoms with van der Waals surface area (Å²) in [7, 11) is 0. The topological polar surface area (TPSA) is 110 Å². The highest BCUT2D eigenvalue weighted by Gasteiger charge is 2.20. The van der Waals surface area contributed by atoms with Crippen molar-refractivity contribution in [1.29, 1.82) is 0 Å². The van der Waals surface area contributed by atoms with Gasteiger partial charge < -0.3 is 15.5 Å². The van der Waals surface area contributed by atoms with E-state index in [0.717, 1.165) is 11.8 Å². The number of rotatable bonds is 4. The van der Waals surface area contributed by atoms with Crippen LogP contribution in [0, 0.1) is 5.82 Å². The van der Waals surface area contributed by atoms with E-state index < -0.39 is 11.4 Å². The van der Waals surface area contributed by atoms with Crippen LogP contribution >= 0.6 is 0 Å². The molecule has 3 aromatic heterocycles. The molecule has 0 aliphatic carbocycles. The molecule has 0 spiro atoms. The van der Waals surface area contributed by atoms with Gasteiger partial charge in [0.15, 0.2) is 0 Å². The Morgan fingerprint density at radius 1 is 1.19 bits per heavy atom. The van der Waals surface area contributed by atoms with Crippen LogP contribution in [0.5, 0.6) is 5.75 Å². The number of aromatic amines is 2. The highest BCUT2D eigenvalue weighted by molar-refractivity contribution is 6.15. The lowest BCUT2D eigenvalue weighted by Gasteiger charge is -2.18. The molecule has 31 heavy (non-hydrogen) atoms. The molecule has 8 heteroatoms. The van der Waals surface area contributed by atoms with Crippen molar-refractivity contribution in [2.24, 2.45) is 0 Å². The van der Waals surface area contributed by atoms with Gasteiger partial charge in [0.2, 0.25) is 0 Å². The zero-order chi connectivity index (χ0) is 21.7. The molecule has 0 saturated heterocycles. The number of anilines is 1. The molecule has 0 amide bonds. The minimum absolute atomic E-state index is 0.0300. The van der Waals surface area contributed by atoms with E-state index in [1.54, 1.807) is 18.3 Å². The fourth-order valence-electron chi connectivity index (χ4n) is 3.89. The van der Waals surface area contributed by atoms with Crippen LogP contribution in [0.15, 0.2) is 47.5 Å². The second kappa shape index (κ2) is 7.09. The highest BCUT2D eigenvalue weighted by Crippen LogP contribution is 2.40. The highest BCUT2D eigenvalue weighted by atomic mass is 19.1. The lowest BCUT2D eigenvalue weighted by Crippen LogP contribution is -2.15. The number of ether oxygens (including phenoxy) is 1. The molecule has 0 saturated carbocycles. The molecular weight excluding hydrogens is 397 g/mol. The van der Waals surface area contributed by atoms with Crippen molar-refractivity contribution in [3.8, 4) is 16.9 Å². The fourth-order valence-corrected chi connectivity index (χ4v) is 3.89. The third kappa shape index (κ3) is 2.91. The zero-order valence-electron chi connectivity index (χ0n) is 17.0. The summed E-state index contributed by atoms with van der Waals surface area (Å²) in [4.78, 5) is 20.2. The first kappa shape index (κ1) is 19.0. The molecule has 0 fully saturated rings. The molecule has 2 aromatic carbocycles. The Morgan fingerprint density at radius 3 is 2.84 bits per heavy atom. The van der Waals surface area contributed by atoms with E-state index in [-0.39, 0.29) is 17.3 Å². The molecule has 3 heterocycles. The standard InChI is InChI=1S/C23H20FN5O2/c1-3-11(2)31-17-9-14-18(12-6-7-16(24)21-15(12)10-27-29-21)19(25)23(30)28-20(14)13-5-4-8-26-22(13)17/h4-11H,3,25H2,1-2H3,(H,27,29)(H,28,30)/t11-/m0/s1. The SMILES string of the molecule is CC[C@H](C)Oc1cc2c(-c3ccc(F)c4[nH]ncc34)c(N)c(=O)[nH]c2c2cccnc12. The largest absolute Gasteiger partial charge is 0.488 e. The van der Waals surface area contributed by atoms with Crippen molar-refractivity contribution in [3.05, 3.63) is 58.9 Å². The number of benzene rings is 2. The predicted molar refractivity (Wildman–Crippen MR) is 120 cm³/mol. The molecule has 5 rings (SSSR count). The van der Waals surface area contributed by atoms with Gasteiger partial charge in [0.1, 0.15) is 28.3 Å². The fraction of sp³-hybridized carbons (Fsp3) is 0.174. The van der Waals surface area contributed by atoms with E-state index >= 15 is 0 Å². The molecule has 0 bridgehead atoms. The number of aromatic nitrogens is 4. The van der Waals surface area contributed by atoms with Crippen molar-refractivity contribution in [2.75, 3.05) is 5.73 Å². The zero-order valence-corrected chi connectivity index (χ0v) is 17.0. The molecule has 5 aromatic rings. The van der Waals surface area contributed by atoms with Gasteiger partial charge in [-0.05, 0) is 43.2 Å². The van der Waals surface area contributed by atoms with E-state index in [2.05, 4.69) is 20.2 Å². The molecule has 1 atom stereocenters. The number of nitrogen functional groups attached to an aromatic ring is 1. The number of nitrogens with two attached hydrogens (primary N) is 1. The van der Waals surface area contributed by atoms with Gasteiger partial charge in [0.05, 0.1) is 17.8 Å². The number of H-pyrrole nitrogens is 2. The smallest absolute Gasteiger partial charge is 0.272 e. The number of hydrogen-bond donors (Lipinski definition) is 3. The Bertz CT molecular complexity index is 1520. The Hall–Kier alpha value is -3.94. The number of fused-ring (bicyclic) bond motifs is 4. The van der Waals surface area contributed by atoms with Crippen molar-refractivity contribution < 1.29 is 9.13 Å². The summed E-state index contributed by atoms with van der Waals surface area (Å²) in [5.74, 6) is 0.162. The normalized spacial score (nSPS) is 12.6. The third-order valence-corrected chi connectivity index (χ3v) is 5.61. The van der Waals surface area contributed by atoms with Crippen LogP contribution < -0.4 is 16.0 Å². The average Bonchev–Trinajstić information content (AvgIpc) is 3.27. The summed E-state index contributed by atoms with van der Waals surface area (Å²) in [6, 6.07) is 8.47. The first-order valence-corrected chi connectivity index (χ1v) is 10.0. The quantitative estimate of drug-likeness (QED) is 0.373. The summed E-state index contributed by atoms with van der Waals surface area (Å²) in [6.45, 7) is 4.02. The van der Waals surface area contributed by atoms with Gasteiger partial charge in [0.25, 0.3) is 5.56 Å². The minimum Gasteiger partial charge on any atom is -0.488 e. The predicted octanol–water partition coefficient (Wildman–Crippen LogP) is 4.52. The van der Waals surface area contributed by atoms with Gasteiger partial charge in [-0.15, -0.1) is 0 Å². The number of nitrogens with zero attached hydrogens (tertiary/aromatic N) is 2. The van der Waals surface area contributed by atoms with E-state index in [4.69, 9.17) is 10.5 Å². The maximum Gasteiger partial charge on any atom is 0.272 e. The van der Waals surface area contributed by atoms with E-state index in [1.807, 2.05) is 26.0 Å². The van der Waals surface area contributed by atoms with Crippen LogP contribution in [0.3, 0.4) is 0 Å². The summed E-state index contributed by atoms with van der Waals surface area (Å²) in [6.07, 6.45) is 4.00. The van der Waals surface area contributed by atoms with Crippen molar-refractivity contribution in [2.45, 2.75) is 26.4 Å². The molecule has 156 valence electrons. The van der Waals surface area contributed by atoms with E-state index in [9.17, 15) is 9.18 Å². The molecule has 4 N–H and O–H groups in total. The van der Waals surface area contributed by atoms with Gasteiger partial charge in [-0.2, -0.15) is 5.10 Å². The van der Waals surface area contributed by atoms with Crippen molar-refractivity contribution in [3.63, 3.8) is 0 Å². The lowest BCUT2D eigenvalue weighted by atomic mass is 9.95. The molecular formula is C23H20FN5O2. The second-order valence-electron chi connectivity index (χ2n) is 7.53.